The van der Waals surface area contributed by atoms with Gasteiger partial charge in [-0.3, -0.25) is 9.79 Å². The molecule has 6 heteroatoms. The van der Waals surface area contributed by atoms with Gasteiger partial charge in [-0.2, -0.15) is 0 Å². The van der Waals surface area contributed by atoms with Crippen molar-refractivity contribution in [2.24, 2.45) is 4.99 Å². The maximum atomic E-state index is 13.6. The molecule has 0 saturated carbocycles. The predicted molar refractivity (Wildman–Crippen MR) is 96.6 cm³/mol. The summed E-state index contributed by atoms with van der Waals surface area (Å²) in [6.07, 6.45) is 0.973. The molecule has 24 heavy (non-hydrogen) atoms. The third kappa shape index (κ3) is 6.98. The second-order valence-corrected chi connectivity index (χ2v) is 5.34. The summed E-state index contributed by atoms with van der Waals surface area (Å²) in [6, 6.07) is 6.76. The molecule has 1 rings (SSSR count). The van der Waals surface area contributed by atoms with Crippen LogP contribution in [0.25, 0.3) is 0 Å². The average Bonchev–Trinajstić information content (AvgIpc) is 2.57. The fraction of sp³-hybridized carbons (Fsp3) is 0.556. The summed E-state index contributed by atoms with van der Waals surface area (Å²) in [6.45, 7) is 9.11. The highest BCUT2D eigenvalue weighted by Crippen LogP contribution is 2.06. The van der Waals surface area contributed by atoms with Gasteiger partial charge in [-0.05, 0) is 38.8 Å². The first-order chi connectivity index (χ1) is 11.6. The average molecular weight is 336 g/mol. The van der Waals surface area contributed by atoms with E-state index in [0.29, 0.717) is 37.5 Å². The summed E-state index contributed by atoms with van der Waals surface area (Å²) in [5.74, 6) is 0.582. The maximum absolute atomic E-state index is 13.6. The number of aliphatic imine (C=N–C) groups is 1. The second kappa shape index (κ2) is 11.4. The summed E-state index contributed by atoms with van der Waals surface area (Å²) in [5.41, 5.74) is 0.678. The van der Waals surface area contributed by atoms with E-state index in [1.165, 1.54) is 6.07 Å². The molecule has 0 heterocycles. The molecule has 0 bridgehead atoms. The molecule has 0 aliphatic heterocycles. The van der Waals surface area contributed by atoms with Crippen LogP contribution in [0.1, 0.15) is 32.8 Å². The molecule has 0 aromatic heterocycles. The van der Waals surface area contributed by atoms with Crippen LogP contribution in [-0.4, -0.2) is 49.5 Å². The van der Waals surface area contributed by atoms with Crippen molar-refractivity contribution in [3.05, 3.63) is 35.6 Å². The zero-order chi connectivity index (χ0) is 17.8. The van der Waals surface area contributed by atoms with Gasteiger partial charge < -0.3 is 15.5 Å². The van der Waals surface area contributed by atoms with Gasteiger partial charge in [0.2, 0.25) is 5.91 Å². The third-order valence-corrected chi connectivity index (χ3v) is 3.70. The number of guanidine groups is 1. The Morgan fingerprint density at radius 2 is 1.88 bits per heavy atom. The Kier molecular flexibility index (Phi) is 9.49. The second-order valence-electron chi connectivity index (χ2n) is 5.34. The number of nitrogens with zero attached hydrogens (tertiary/aromatic N) is 2. The molecule has 0 fully saturated rings. The number of halogens is 1. The summed E-state index contributed by atoms with van der Waals surface area (Å²) >= 11 is 0. The minimum atomic E-state index is -0.189. The lowest BCUT2D eigenvalue weighted by Gasteiger charge is -2.18. The summed E-state index contributed by atoms with van der Waals surface area (Å²) in [4.78, 5) is 18.2. The summed E-state index contributed by atoms with van der Waals surface area (Å²) in [5, 5.41) is 6.31. The van der Waals surface area contributed by atoms with Crippen molar-refractivity contribution in [3.8, 4) is 0 Å². The van der Waals surface area contributed by atoms with Crippen molar-refractivity contribution >= 4 is 11.9 Å². The van der Waals surface area contributed by atoms with E-state index in [-0.39, 0.29) is 11.7 Å². The van der Waals surface area contributed by atoms with Crippen molar-refractivity contribution in [1.29, 1.82) is 0 Å². The molecule has 5 nitrogen and oxygen atoms in total. The van der Waals surface area contributed by atoms with E-state index in [9.17, 15) is 9.18 Å². The highest BCUT2D eigenvalue weighted by atomic mass is 19.1. The molecule has 0 atom stereocenters. The number of benzene rings is 1. The quantitative estimate of drug-likeness (QED) is 0.537. The number of hydrogen-bond donors (Lipinski definition) is 2. The van der Waals surface area contributed by atoms with Crippen molar-refractivity contribution in [3.63, 3.8) is 0 Å². The molecule has 1 aromatic rings. The number of nitrogens with one attached hydrogen (secondary N) is 2. The Bertz CT molecular complexity index is 530. The van der Waals surface area contributed by atoms with Crippen LogP contribution in [0, 0.1) is 5.82 Å². The molecule has 1 amide bonds. The minimum absolute atomic E-state index is 0.117. The van der Waals surface area contributed by atoms with Gasteiger partial charge in [-0.25, -0.2) is 4.39 Å². The van der Waals surface area contributed by atoms with Gasteiger partial charge in [0.15, 0.2) is 5.96 Å². The minimum Gasteiger partial charge on any atom is -0.357 e. The third-order valence-electron chi connectivity index (χ3n) is 3.70. The Labute approximate surface area is 144 Å². The highest BCUT2D eigenvalue weighted by molar-refractivity contribution is 5.80. The van der Waals surface area contributed by atoms with Gasteiger partial charge in [-0.15, -0.1) is 0 Å². The van der Waals surface area contributed by atoms with Crippen LogP contribution in [0.5, 0.6) is 0 Å². The van der Waals surface area contributed by atoms with Crippen LogP contribution in [-0.2, 0) is 11.2 Å². The van der Waals surface area contributed by atoms with Crippen LogP contribution >= 0.6 is 0 Å². The largest absolute Gasteiger partial charge is 0.357 e. The molecule has 0 saturated heterocycles. The van der Waals surface area contributed by atoms with E-state index in [0.717, 1.165) is 19.6 Å². The molecule has 134 valence electrons. The predicted octanol–water partition coefficient (Wildman–Crippen LogP) is 2.18. The number of carbonyl (C=O) groups excluding carboxylic acids is 1. The Morgan fingerprint density at radius 3 is 2.50 bits per heavy atom. The van der Waals surface area contributed by atoms with Gasteiger partial charge in [0.1, 0.15) is 5.82 Å². The van der Waals surface area contributed by atoms with Crippen molar-refractivity contribution in [2.45, 2.75) is 33.6 Å². The number of amides is 1. The van der Waals surface area contributed by atoms with Crippen LogP contribution in [0.3, 0.4) is 0 Å². The molecule has 0 aliphatic carbocycles. The van der Waals surface area contributed by atoms with Crippen molar-refractivity contribution < 1.29 is 9.18 Å². The van der Waals surface area contributed by atoms with E-state index in [4.69, 9.17) is 0 Å². The van der Waals surface area contributed by atoms with Gasteiger partial charge in [-0.1, -0.05) is 18.2 Å². The zero-order valence-corrected chi connectivity index (χ0v) is 14.9. The molecule has 0 radical (unpaired) electrons. The van der Waals surface area contributed by atoms with E-state index in [1.807, 2.05) is 26.8 Å². The molecule has 2 N–H and O–H groups in total. The molecule has 0 aliphatic rings. The molecular formula is C18H29FN4O. The van der Waals surface area contributed by atoms with Crippen LogP contribution < -0.4 is 10.6 Å². The van der Waals surface area contributed by atoms with Crippen molar-refractivity contribution in [2.75, 3.05) is 32.7 Å². The van der Waals surface area contributed by atoms with E-state index in [2.05, 4.69) is 15.6 Å². The van der Waals surface area contributed by atoms with E-state index < -0.39 is 0 Å². The SMILES string of the molecule is CCNC(=NCCC(=O)N(CC)CC)NCCc1ccccc1F. The maximum Gasteiger partial charge on any atom is 0.224 e. The van der Waals surface area contributed by atoms with Gasteiger partial charge >= 0.3 is 0 Å². The van der Waals surface area contributed by atoms with Gasteiger partial charge in [0.25, 0.3) is 0 Å². The first-order valence-corrected chi connectivity index (χ1v) is 8.65. The Morgan fingerprint density at radius 1 is 1.17 bits per heavy atom. The first-order valence-electron chi connectivity index (χ1n) is 8.65. The van der Waals surface area contributed by atoms with Crippen LogP contribution in [0.4, 0.5) is 4.39 Å². The van der Waals surface area contributed by atoms with Gasteiger partial charge in [0, 0.05) is 32.6 Å². The fourth-order valence-corrected chi connectivity index (χ4v) is 2.36. The van der Waals surface area contributed by atoms with E-state index >= 15 is 0 Å². The molecular weight excluding hydrogens is 307 g/mol. The standard InChI is InChI=1S/C18H29FN4O/c1-4-20-18(22-14-12-17(24)23(5-2)6-3)21-13-11-15-9-7-8-10-16(15)19/h7-10H,4-6,11-14H2,1-3H3,(H2,20,21,22). The molecule has 0 spiro atoms. The van der Waals surface area contributed by atoms with Crippen LogP contribution in [0.15, 0.2) is 29.3 Å². The van der Waals surface area contributed by atoms with Gasteiger partial charge in [0.05, 0.1) is 6.54 Å². The molecule has 0 unspecified atom stereocenters. The monoisotopic (exact) mass is 336 g/mol. The summed E-state index contributed by atoms with van der Waals surface area (Å²) in [7, 11) is 0. The number of hydrogen-bond acceptors (Lipinski definition) is 2. The molecule has 1 aromatic carbocycles. The van der Waals surface area contributed by atoms with E-state index in [1.54, 1.807) is 17.0 Å². The highest BCUT2D eigenvalue weighted by Gasteiger charge is 2.08. The lowest BCUT2D eigenvalue weighted by Crippen LogP contribution is -2.38. The topological polar surface area (TPSA) is 56.7 Å². The smallest absolute Gasteiger partial charge is 0.224 e. The lowest BCUT2D eigenvalue weighted by molar-refractivity contribution is -0.130. The van der Waals surface area contributed by atoms with Crippen molar-refractivity contribution in [1.82, 2.24) is 15.5 Å². The first kappa shape index (κ1) is 19.9. The normalized spacial score (nSPS) is 11.2. The summed E-state index contributed by atoms with van der Waals surface area (Å²) < 4.78 is 13.6. The fourth-order valence-electron chi connectivity index (χ4n) is 2.36. The Balaban J connectivity index is 2.45. The number of carbonyl (C=O) groups is 1. The lowest BCUT2D eigenvalue weighted by atomic mass is 10.1. The Hall–Kier alpha value is -2.11. The zero-order valence-electron chi connectivity index (χ0n) is 14.9. The number of rotatable bonds is 9. The van der Waals surface area contributed by atoms with Crippen LogP contribution in [0.2, 0.25) is 0 Å².